The van der Waals surface area contributed by atoms with Gasteiger partial charge >= 0.3 is 5.97 Å². The summed E-state index contributed by atoms with van der Waals surface area (Å²) in [5, 5.41) is 8.65. The highest BCUT2D eigenvalue weighted by Crippen LogP contribution is 2.27. The molecule has 0 fully saturated rings. The molecule has 4 nitrogen and oxygen atoms in total. The van der Waals surface area contributed by atoms with E-state index in [1.165, 1.54) is 0 Å². The van der Waals surface area contributed by atoms with E-state index < -0.39 is 21.6 Å². The number of aryl methyl sites for hydroxylation is 1. The molecule has 1 rings (SSSR count). The van der Waals surface area contributed by atoms with E-state index in [0.29, 0.717) is 5.56 Å². The molecule has 0 heterocycles. The van der Waals surface area contributed by atoms with Crippen molar-refractivity contribution in [3.8, 4) is 0 Å². The second-order valence-electron chi connectivity index (χ2n) is 5.38. The molecule has 0 spiro atoms. The lowest BCUT2D eigenvalue weighted by atomic mass is 9.87. The summed E-state index contributed by atoms with van der Waals surface area (Å²) < 4.78 is 23.9. The highest BCUT2D eigenvalue weighted by molar-refractivity contribution is 7.92. The maximum absolute atomic E-state index is 12.0. The van der Waals surface area contributed by atoms with Crippen molar-refractivity contribution in [2.45, 2.75) is 38.0 Å². The van der Waals surface area contributed by atoms with Gasteiger partial charge in [-0.15, -0.1) is 0 Å². The van der Waals surface area contributed by atoms with Gasteiger partial charge in [-0.05, 0) is 29.5 Å². The van der Waals surface area contributed by atoms with Gasteiger partial charge < -0.3 is 5.11 Å². The molecule has 100 valence electrons. The number of carboxylic acids is 1. The van der Waals surface area contributed by atoms with Gasteiger partial charge in [-0.3, -0.25) is 4.79 Å². The molecule has 0 amide bonds. The zero-order valence-corrected chi connectivity index (χ0v) is 11.8. The third-order valence-electron chi connectivity index (χ3n) is 2.70. The monoisotopic (exact) mass is 270 g/mol. The standard InChI is InChI=1S/C13H18O4S/c1-9-5-6-10(13(2,3)4)7-11(9)18(16,17)8-12(14)15/h5-7H,8H2,1-4H3,(H,14,15). The minimum atomic E-state index is -3.77. The minimum absolute atomic E-state index is 0.109. The maximum Gasteiger partial charge on any atom is 0.319 e. The fourth-order valence-electron chi connectivity index (χ4n) is 1.64. The van der Waals surface area contributed by atoms with Gasteiger partial charge in [0.05, 0.1) is 4.90 Å². The van der Waals surface area contributed by atoms with E-state index in [2.05, 4.69) is 0 Å². The Morgan fingerprint density at radius 2 is 1.83 bits per heavy atom. The van der Waals surface area contributed by atoms with Crippen LogP contribution in [0.1, 0.15) is 31.9 Å². The molecule has 5 heteroatoms. The third kappa shape index (κ3) is 3.32. The molecular weight excluding hydrogens is 252 g/mol. The first-order valence-corrected chi connectivity index (χ1v) is 7.25. The Labute approximate surface area is 108 Å². The van der Waals surface area contributed by atoms with E-state index in [1.54, 1.807) is 19.1 Å². The number of carboxylic acid groups (broad SMARTS) is 1. The van der Waals surface area contributed by atoms with Crippen molar-refractivity contribution >= 4 is 15.8 Å². The SMILES string of the molecule is Cc1ccc(C(C)(C)C)cc1S(=O)(=O)CC(=O)O. The van der Waals surface area contributed by atoms with Crippen molar-refractivity contribution < 1.29 is 18.3 Å². The number of carbonyl (C=O) groups is 1. The van der Waals surface area contributed by atoms with Crippen molar-refractivity contribution in [2.24, 2.45) is 0 Å². The third-order valence-corrected chi connectivity index (χ3v) is 4.44. The van der Waals surface area contributed by atoms with Crippen LogP contribution >= 0.6 is 0 Å². The highest BCUT2D eigenvalue weighted by Gasteiger charge is 2.23. The average Bonchev–Trinajstić information content (AvgIpc) is 2.13. The van der Waals surface area contributed by atoms with E-state index in [4.69, 9.17) is 5.11 Å². The number of rotatable bonds is 3. The van der Waals surface area contributed by atoms with Crippen LogP contribution < -0.4 is 0 Å². The van der Waals surface area contributed by atoms with E-state index in [-0.39, 0.29) is 10.3 Å². The molecule has 0 aliphatic carbocycles. The number of benzene rings is 1. The van der Waals surface area contributed by atoms with Crippen LogP contribution in [0.25, 0.3) is 0 Å². The van der Waals surface area contributed by atoms with Crippen LogP contribution in [0.15, 0.2) is 23.1 Å². The lowest BCUT2D eigenvalue weighted by Gasteiger charge is -2.20. The van der Waals surface area contributed by atoms with Crippen molar-refractivity contribution in [3.63, 3.8) is 0 Å². The van der Waals surface area contributed by atoms with Gasteiger partial charge in [0.1, 0.15) is 0 Å². The fourth-order valence-corrected chi connectivity index (χ4v) is 2.99. The largest absolute Gasteiger partial charge is 0.480 e. The summed E-state index contributed by atoms with van der Waals surface area (Å²) in [5.74, 6) is -2.21. The second-order valence-corrected chi connectivity index (χ2v) is 7.34. The summed E-state index contributed by atoms with van der Waals surface area (Å²) in [7, 11) is -3.77. The zero-order valence-electron chi connectivity index (χ0n) is 11.0. The zero-order chi connectivity index (χ0) is 14.1. The summed E-state index contributed by atoms with van der Waals surface area (Å²) in [4.78, 5) is 10.7. The van der Waals surface area contributed by atoms with Gasteiger partial charge in [-0.2, -0.15) is 0 Å². The van der Waals surface area contributed by atoms with Gasteiger partial charge in [0.15, 0.2) is 15.6 Å². The van der Waals surface area contributed by atoms with Crippen LogP contribution in [0.2, 0.25) is 0 Å². The summed E-state index contributed by atoms with van der Waals surface area (Å²) >= 11 is 0. The molecule has 0 aromatic heterocycles. The topological polar surface area (TPSA) is 71.4 Å². The first-order valence-electron chi connectivity index (χ1n) is 5.60. The Morgan fingerprint density at radius 1 is 1.28 bits per heavy atom. The summed E-state index contributed by atoms with van der Waals surface area (Å²) in [6.07, 6.45) is 0. The Morgan fingerprint density at radius 3 is 2.28 bits per heavy atom. The Hall–Kier alpha value is -1.36. The smallest absolute Gasteiger partial charge is 0.319 e. The Balaban J connectivity index is 3.37. The minimum Gasteiger partial charge on any atom is -0.480 e. The van der Waals surface area contributed by atoms with Crippen LogP contribution in [0.3, 0.4) is 0 Å². The number of hydrogen-bond acceptors (Lipinski definition) is 3. The first kappa shape index (κ1) is 14.7. The predicted octanol–water partition coefficient (Wildman–Crippen LogP) is 2.15. The molecule has 0 saturated heterocycles. The maximum atomic E-state index is 12.0. The van der Waals surface area contributed by atoms with E-state index in [9.17, 15) is 13.2 Å². The van der Waals surface area contributed by atoms with Crippen molar-refractivity contribution in [3.05, 3.63) is 29.3 Å². The summed E-state index contributed by atoms with van der Waals surface area (Å²) in [6.45, 7) is 7.60. The molecule has 1 aromatic rings. The molecular formula is C13H18O4S. The number of aliphatic carboxylic acids is 1. The normalized spacial score (nSPS) is 12.4. The van der Waals surface area contributed by atoms with Gasteiger partial charge in [-0.1, -0.05) is 32.9 Å². The number of sulfone groups is 1. The Kier molecular flexibility index (Phi) is 3.86. The molecule has 0 saturated carbocycles. The van der Waals surface area contributed by atoms with Crippen molar-refractivity contribution in [1.82, 2.24) is 0 Å². The van der Waals surface area contributed by atoms with Gasteiger partial charge in [-0.25, -0.2) is 8.42 Å². The fraction of sp³-hybridized carbons (Fsp3) is 0.462. The molecule has 0 radical (unpaired) electrons. The van der Waals surface area contributed by atoms with E-state index in [0.717, 1.165) is 5.56 Å². The molecule has 0 bridgehead atoms. The van der Waals surface area contributed by atoms with E-state index >= 15 is 0 Å². The van der Waals surface area contributed by atoms with E-state index in [1.807, 2.05) is 26.8 Å². The van der Waals surface area contributed by atoms with Gasteiger partial charge in [0, 0.05) is 0 Å². The van der Waals surface area contributed by atoms with Crippen molar-refractivity contribution in [1.29, 1.82) is 0 Å². The molecule has 18 heavy (non-hydrogen) atoms. The predicted molar refractivity (Wildman–Crippen MR) is 69.6 cm³/mol. The van der Waals surface area contributed by atoms with Gasteiger partial charge in [0.25, 0.3) is 0 Å². The van der Waals surface area contributed by atoms with Crippen LogP contribution in [0.5, 0.6) is 0 Å². The highest BCUT2D eigenvalue weighted by atomic mass is 32.2. The Bertz CT molecular complexity index is 565. The molecule has 1 aromatic carbocycles. The van der Waals surface area contributed by atoms with Crippen LogP contribution in [0, 0.1) is 6.92 Å². The summed E-state index contributed by atoms with van der Waals surface area (Å²) in [5.41, 5.74) is 1.27. The second kappa shape index (κ2) is 4.72. The van der Waals surface area contributed by atoms with Crippen LogP contribution in [0.4, 0.5) is 0 Å². The number of hydrogen-bond donors (Lipinski definition) is 1. The molecule has 1 N–H and O–H groups in total. The summed E-state index contributed by atoms with van der Waals surface area (Å²) in [6, 6.07) is 5.16. The molecule has 0 aliphatic heterocycles. The average molecular weight is 270 g/mol. The van der Waals surface area contributed by atoms with Gasteiger partial charge in [0.2, 0.25) is 0 Å². The lowest BCUT2D eigenvalue weighted by molar-refractivity contribution is -0.134. The first-order chi connectivity index (χ1) is 8.04. The molecule has 0 aliphatic rings. The quantitative estimate of drug-likeness (QED) is 0.913. The lowest BCUT2D eigenvalue weighted by Crippen LogP contribution is -2.18. The molecule has 0 unspecified atom stereocenters. The van der Waals surface area contributed by atoms with Crippen LogP contribution in [-0.2, 0) is 20.0 Å². The van der Waals surface area contributed by atoms with Crippen LogP contribution in [-0.4, -0.2) is 25.2 Å². The van der Waals surface area contributed by atoms with Crippen molar-refractivity contribution in [2.75, 3.05) is 5.75 Å². The molecule has 0 atom stereocenters.